The van der Waals surface area contributed by atoms with Gasteiger partial charge in [-0.1, -0.05) is 0 Å². The van der Waals surface area contributed by atoms with Crippen LogP contribution < -0.4 is 5.32 Å². The maximum absolute atomic E-state index is 13.0. The molecule has 0 spiro atoms. The molecule has 2 atom stereocenters. The number of carbonyl (C=O) groups excluding carboxylic acids is 1. The SMILES string of the molecule is CNC(=O)[C@@H]1CCCN(S(=O)(=O)N2CCC[C@H]2c2ccco2)C1. The number of furan rings is 1. The fourth-order valence-corrected chi connectivity index (χ4v) is 5.42. The first-order valence-corrected chi connectivity index (χ1v) is 9.45. The molecule has 0 aromatic carbocycles. The molecule has 8 heteroatoms. The maximum Gasteiger partial charge on any atom is 0.282 e. The van der Waals surface area contributed by atoms with E-state index in [-0.39, 0.29) is 24.4 Å². The number of carbonyl (C=O) groups is 1. The molecule has 2 saturated heterocycles. The van der Waals surface area contributed by atoms with Crippen molar-refractivity contribution in [2.75, 3.05) is 26.7 Å². The summed E-state index contributed by atoms with van der Waals surface area (Å²) in [6.07, 6.45) is 4.58. The average Bonchev–Trinajstić information content (AvgIpc) is 3.24. The molecule has 128 valence electrons. The first-order valence-electron chi connectivity index (χ1n) is 8.06. The molecule has 1 aromatic heterocycles. The van der Waals surface area contributed by atoms with Gasteiger partial charge in [-0.3, -0.25) is 4.79 Å². The second-order valence-corrected chi connectivity index (χ2v) is 7.98. The molecular weight excluding hydrogens is 318 g/mol. The van der Waals surface area contributed by atoms with Gasteiger partial charge in [-0.15, -0.1) is 0 Å². The predicted octanol–water partition coefficient (Wildman–Crippen LogP) is 1.12. The zero-order chi connectivity index (χ0) is 16.4. The van der Waals surface area contributed by atoms with E-state index in [0.29, 0.717) is 25.3 Å². The van der Waals surface area contributed by atoms with Gasteiger partial charge in [0.1, 0.15) is 5.76 Å². The molecule has 7 nitrogen and oxygen atoms in total. The standard InChI is InChI=1S/C15H23N3O4S/c1-16-15(19)12-5-2-8-17(11-12)23(20,21)18-9-3-6-13(18)14-7-4-10-22-14/h4,7,10,12-13H,2-3,5-6,8-9,11H2,1H3,(H,16,19)/t12-,13+/m1/s1. The second-order valence-electron chi connectivity index (χ2n) is 6.10. The second kappa shape index (κ2) is 6.62. The van der Waals surface area contributed by atoms with Crippen molar-refractivity contribution in [3.8, 4) is 0 Å². The largest absolute Gasteiger partial charge is 0.468 e. The number of amides is 1. The zero-order valence-electron chi connectivity index (χ0n) is 13.3. The van der Waals surface area contributed by atoms with Crippen LogP contribution in [0, 0.1) is 5.92 Å². The van der Waals surface area contributed by atoms with Crippen LogP contribution >= 0.6 is 0 Å². The smallest absolute Gasteiger partial charge is 0.282 e. The van der Waals surface area contributed by atoms with Crippen LogP contribution in [-0.4, -0.2) is 49.6 Å². The monoisotopic (exact) mass is 341 g/mol. The Morgan fingerprint density at radius 2 is 2.09 bits per heavy atom. The van der Waals surface area contributed by atoms with Crippen molar-refractivity contribution in [2.45, 2.75) is 31.7 Å². The highest BCUT2D eigenvalue weighted by Crippen LogP contribution is 2.36. The third-order valence-corrected chi connectivity index (χ3v) is 6.71. The molecule has 2 fully saturated rings. The molecular formula is C15H23N3O4S. The van der Waals surface area contributed by atoms with Crippen molar-refractivity contribution in [1.29, 1.82) is 0 Å². The van der Waals surface area contributed by atoms with Gasteiger partial charge in [-0.05, 0) is 37.8 Å². The third kappa shape index (κ3) is 3.15. The molecule has 1 N–H and O–H groups in total. The van der Waals surface area contributed by atoms with Crippen LogP contribution in [-0.2, 0) is 15.0 Å². The highest BCUT2D eigenvalue weighted by molar-refractivity contribution is 7.86. The van der Waals surface area contributed by atoms with Gasteiger partial charge in [0.15, 0.2) is 0 Å². The Balaban J connectivity index is 1.79. The summed E-state index contributed by atoms with van der Waals surface area (Å²) in [5, 5.41) is 2.62. The van der Waals surface area contributed by atoms with Crippen LogP contribution in [0.1, 0.15) is 37.5 Å². The van der Waals surface area contributed by atoms with E-state index in [1.807, 2.05) is 6.07 Å². The van der Waals surface area contributed by atoms with E-state index in [4.69, 9.17) is 4.42 Å². The van der Waals surface area contributed by atoms with Crippen molar-refractivity contribution >= 4 is 16.1 Å². The van der Waals surface area contributed by atoms with E-state index in [1.54, 1.807) is 19.4 Å². The van der Waals surface area contributed by atoms with E-state index in [9.17, 15) is 13.2 Å². The molecule has 2 aliphatic rings. The third-order valence-electron chi connectivity index (χ3n) is 4.70. The molecule has 0 radical (unpaired) electrons. The normalized spacial score (nSPS) is 27.2. The molecule has 3 heterocycles. The zero-order valence-corrected chi connectivity index (χ0v) is 14.1. The summed E-state index contributed by atoms with van der Waals surface area (Å²) in [6, 6.07) is 3.36. The minimum Gasteiger partial charge on any atom is -0.468 e. The van der Waals surface area contributed by atoms with Crippen molar-refractivity contribution < 1.29 is 17.6 Å². The lowest BCUT2D eigenvalue weighted by Gasteiger charge is -2.35. The highest BCUT2D eigenvalue weighted by Gasteiger charge is 2.42. The van der Waals surface area contributed by atoms with Gasteiger partial charge in [-0.25, -0.2) is 0 Å². The molecule has 0 aliphatic carbocycles. The number of piperidine rings is 1. The van der Waals surface area contributed by atoms with Gasteiger partial charge >= 0.3 is 0 Å². The van der Waals surface area contributed by atoms with Gasteiger partial charge in [0, 0.05) is 26.7 Å². The number of hydrogen-bond acceptors (Lipinski definition) is 4. The Kier molecular flexibility index (Phi) is 4.74. The Morgan fingerprint density at radius 1 is 1.30 bits per heavy atom. The van der Waals surface area contributed by atoms with Crippen LogP contribution in [0.5, 0.6) is 0 Å². The van der Waals surface area contributed by atoms with E-state index in [0.717, 1.165) is 19.3 Å². The van der Waals surface area contributed by atoms with Crippen LogP contribution in [0.2, 0.25) is 0 Å². The first-order chi connectivity index (χ1) is 11.0. The number of hydrogen-bond donors (Lipinski definition) is 1. The summed E-state index contributed by atoms with van der Waals surface area (Å²) in [6.45, 7) is 1.22. The number of nitrogens with one attached hydrogen (secondary N) is 1. The predicted molar refractivity (Wildman–Crippen MR) is 84.7 cm³/mol. The van der Waals surface area contributed by atoms with E-state index >= 15 is 0 Å². The number of rotatable bonds is 4. The molecule has 2 aliphatic heterocycles. The summed E-state index contributed by atoms with van der Waals surface area (Å²) < 4.78 is 34.5. The summed E-state index contributed by atoms with van der Waals surface area (Å²) >= 11 is 0. The van der Waals surface area contributed by atoms with Crippen LogP contribution in [0.3, 0.4) is 0 Å². The van der Waals surface area contributed by atoms with Crippen molar-refractivity contribution in [3.63, 3.8) is 0 Å². The lowest BCUT2D eigenvalue weighted by molar-refractivity contribution is -0.125. The highest BCUT2D eigenvalue weighted by atomic mass is 32.2. The summed E-state index contributed by atoms with van der Waals surface area (Å²) in [7, 11) is -2.00. The molecule has 1 amide bonds. The Bertz CT molecular complexity index is 644. The van der Waals surface area contributed by atoms with Crippen molar-refractivity contribution in [2.24, 2.45) is 5.92 Å². The van der Waals surface area contributed by atoms with Crippen LogP contribution in [0.4, 0.5) is 0 Å². The molecule has 3 rings (SSSR count). The molecule has 23 heavy (non-hydrogen) atoms. The Labute approximate surface area is 136 Å². The van der Waals surface area contributed by atoms with E-state index in [1.165, 1.54) is 8.61 Å². The minimum absolute atomic E-state index is 0.0890. The molecule has 0 saturated carbocycles. The summed E-state index contributed by atoms with van der Waals surface area (Å²) in [4.78, 5) is 11.9. The van der Waals surface area contributed by atoms with Crippen LogP contribution in [0.15, 0.2) is 22.8 Å². The van der Waals surface area contributed by atoms with E-state index in [2.05, 4.69) is 5.32 Å². The fourth-order valence-electron chi connectivity index (χ4n) is 3.50. The quantitative estimate of drug-likeness (QED) is 0.889. The summed E-state index contributed by atoms with van der Waals surface area (Å²) in [5.74, 6) is 0.327. The Morgan fingerprint density at radius 3 is 2.78 bits per heavy atom. The average molecular weight is 341 g/mol. The van der Waals surface area contributed by atoms with Gasteiger partial charge < -0.3 is 9.73 Å². The molecule has 1 aromatic rings. The topological polar surface area (TPSA) is 82.9 Å². The lowest BCUT2D eigenvalue weighted by atomic mass is 9.99. The molecule has 0 bridgehead atoms. The maximum atomic E-state index is 13.0. The van der Waals surface area contributed by atoms with Gasteiger partial charge in [0.25, 0.3) is 10.2 Å². The van der Waals surface area contributed by atoms with Crippen molar-refractivity contribution in [1.82, 2.24) is 13.9 Å². The van der Waals surface area contributed by atoms with Crippen LogP contribution in [0.25, 0.3) is 0 Å². The van der Waals surface area contributed by atoms with Gasteiger partial charge in [0.05, 0.1) is 18.2 Å². The molecule has 0 unspecified atom stereocenters. The fraction of sp³-hybridized carbons (Fsp3) is 0.667. The van der Waals surface area contributed by atoms with Gasteiger partial charge in [-0.2, -0.15) is 17.0 Å². The first kappa shape index (κ1) is 16.5. The van der Waals surface area contributed by atoms with Crippen molar-refractivity contribution in [3.05, 3.63) is 24.2 Å². The van der Waals surface area contributed by atoms with Gasteiger partial charge in [0.2, 0.25) is 5.91 Å². The minimum atomic E-state index is -3.58. The summed E-state index contributed by atoms with van der Waals surface area (Å²) in [5.41, 5.74) is 0. The lowest BCUT2D eigenvalue weighted by Crippen LogP contribution is -2.50. The Hall–Kier alpha value is -1.38. The van der Waals surface area contributed by atoms with E-state index < -0.39 is 10.2 Å². The number of nitrogens with zero attached hydrogens (tertiary/aromatic N) is 2.